The van der Waals surface area contributed by atoms with Crippen LogP contribution < -0.4 is 4.90 Å². The smallest absolute Gasteiger partial charge is 0.165 e. The molecule has 1 aliphatic heterocycles. The summed E-state index contributed by atoms with van der Waals surface area (Å²) in [6.07, 6.45) is 2.91. The van der Waals surface area contributed by atoms with E-state index in [9.17, 15) is 0 Å². The monoisotopic (exact) mass is 327 g/mol. The van der Waals surface area contributed by atoms with Crippen molar-refractivity contribution in [2.75, 3.05) is 38.1 Å². The molecule has 0 unspecified atom stereocenters. The first kappa shape index (κ1) is 17.1. The highest BCUT2D eigenvalue weighted by molar-refractivity contribution is 5.89. The molecule has 1 saturated heterocycles. The lowest BCUT2D eigenvalue weighted by molar-refractivity contribution is 0.288. The number of hydrogen-bond donors (Lipinski definition) is 0. The Labute approximate surface area is 145 Å². The molecule has 130 valence electrons. The minimum Gasteiger partial charge on any atom is -0.359 e. The van der Waals surface area contributed by atoms with Gasteiger partial charge in [-0.3, -0.25) is 0 Å². The molecule has 0 spiro atoms. The van der Waals surface area contributed by atoms with Crippen molar-refractivity contribution >= 4 is 16.9 Å². The molecule has 0 N–H and O–H groups in total. The topological polar surface area (TPSA) is 45.2 Å². The van der Waals surface area contributed by atoms with Crippen molar-refractivity contribution < 1.29 is 0 Å². The van der Waals surface area contributed by atoms with Crippen LogP contribution in [0.2, 0.25) is 0 Å². The summed E-state index contributed by atoms with van der Waals surface area (Å²) in [6, 6.07) is 2.11. The Balaban J connectivity index is 1.76. The Morgan fingerprint density at radius 3 is 2.83 bits per heavy atom. The van der Waals surface area contributed by atoms with Crippen LogP contribution in [0.25, 0.3) is 11.0 Å². The molecule has 5 nitrogen and oxygen atoms in total. The van der Waals surface area contributed by atoms with Crippen LogP contribution in [0.5, 0.6) is 0 Å². The lowest BCUT2D eigenvalue weighted by atomic mass is 10.1. The molecule has 0 bridgehead atoms. The van der Waals surface area contributed by atoms with Gasteiger partial charge in [-0.15, -0.1) is 0 Å². The molecule has 5 heteroatoms. The molecular formula is C19H29N5. The third kappa shape index (κ3) is 3.66. The molecule has 0 saturated carbocycles. The van der Waals surface area contributed by atoms with Crippen LogP contribution in [0.4, 0.5) is 5.82 Å². The van der Waals surface area contributed by atoms with Crippen molar-refractivity contribution in [1.29, 1.82) is 0 Å². The maximum absolute atomic E-state index is 4.57. The molecule has 0 aromatic carbocycles. The number of aryl methyl sites for hydroxylation is 2. The minimum absolute atomic E-state index is 0.706. The first-order chi connectivity index (χ1) is 11.4. The molecular weight excluding hydrogens is 298 g/mol. The van der Waals surface area contributed by atoms with Crippen LogP contribution in [0.15, 0.2) is 12.4 Å². The second kappa shape index (κ2) is 7.01. The average Bonchev–Trinajstić information content (AvgIpc) is 2.92. The van der Waals surface area contributed by atoms with E-state index in [-0.39, 0.29) is 0 Å². The number of aromatic nitrogens is 3. The molecule has 24 heavy (non-hydrogen) atoms. The molecule has 3 heterocycles. The van der Waals surface area contributed by atoms with E-state index in [1.54, 1.807) is 6.33 Å². The van der Waals surface area contributed by atoms with Crippen LogP contribution in [-0.4, -0.2) is 53.1 Å². The highest BCUT2D eigenvalue weighted by atomic mass is 15.2. The quantitative estimate of drug-likeness (QED) is 0.844. The standard InChI is InChI=1S/C19H29N5/c1-13(2)9-24-7-6-16(11-24)10-23(5)19-17-14(3)8-15(4)22-18(17)20-12-21-19/h8,12-13,16H,6-7,9-11H2,1-5H3/t16-/m0/s1. The molecule has 1 aliphatic rings. The molecule has 0 aliphatic carbocycles. The predicted molar refractivity (Wildman–Crippen MR) is 99.5 cm³/mol. The second-order valence-electron chi connectivity index (χ2n) is 7.67. The zero-order valence-corrected chi connectivity index (χ0v) is 15.6. The second-order valence-corrected chi connectivity index (χ2v) is 7.67. The van der Waals surface area contributed by atoms with Crippen LogP contribution in [0.3, 0.4) is 0 Å². The lowest BCUT2D eigenvalue weighted by Crippen LogP contribution is -2.30. The molecule has 0 radical (unpaired) electrons. The fourth-order valence-corrected chi connectivity index (χ4v) is 3.90. The van der Waals surface area contributed by atoms with Crippen molar-refractivity contribution in [3.05, 3.63) is 23.7 Å². The molecule has 2 aromatic rings. The van der Waals surface area contributed by atoms with Gasteiger partial charge in [0.25, 0.3) is 0 Å². The van der Waals surface area contributed by atoms with E-state index in [1.807, 2.05) is 6.92 Å². The first-order valence-electron chi connectivity index (χ1n) is 8.96. The summed E-state index contributed by atoms with van der Waals surface area (Å²) in [7, 11) is 2.15. The number of anilines is 1. The number of pyridine rings is 1. The van der Waals surface area contributed by atoms with Crippen molar-refractivity contribution in [2.24, 2.45) is 11.8 Å². The van der Waals surface area contributed by atoms with Gasteiger partial charge in [-0.05, 0) is 50.3 Å². The molecule has 0 amide bonds. The summed E-state index contributed by atoms with van der Waals surface area (Å²) in [6.45, 7) is 13.4. The van der Waals surface area contributed by atoms with E-state index in [2.05, 4.69) is 58.6 Å². The van der Waals surface area contributed by atoms with Crippen LogP contribution >= 0.6 is 0 Å². The maximum Gasteiger partial charge on any atom is 0.165 e. The van der Waals surface area contributed by atoms with Gasteiger partial charge in [0, 0.05) is 32.4 Å². The predicted octanol–water partition coefficient (Wildman–Crippen LogP) is 3.06. The number of fused-ring (bicyclic) bond motifs is 1. The molecule has 1 fully saturated rings. The molecule has 1 atom stereocenters. The van der Waals surface area contributed by atoms with E-state index in [0.717, 1.165) is 35.0 Å². The summed E-state index contributed by atoms with van der Waals surface area (Å²) in [5.74, 6) is 2.45. The van der Waals surface area contributed by atoms with Gasteiger partial charge in [0.1, 0.15) is 12.1 Å². The summed E-state index contributed by atoms with van der Waals surface area (Å²) in [4.78, 5) is 18.4. The van der Waals surface area contributed by atoms with E-state index >= 15 is 0 Å². The Bertz CT molecular complexity index is 712. The first-order valence-corrected chi connectivity index (χ1v) is 8.96. The highest BCUT2D eigenvalue weighted by Gasteiger charge is 2.25. The van der Waals surface area contributed by atoms with Gasteiger partial charge >= 0.3 is 0 Å². The number of likely N-dealkylation sites (tertiary alicyclic amines) is 1. The summed E-state index contributed by atoms with van der Waals surface area (Å²) < 4.78 is 0. The minimum atomic E-state index is 0.706. The van der Waals surface area contributed by atoms with Gasteiger partial charge in [-0.1, -0.05) is 13.8 Å². The van der Waals surface area contributed by atoms with E-state index in [0.29, 0.717) is 5.92 Å². The van der Waals surface area contributed by atoms with E-state index in [4.69, 9.17) is 0 Å². The fourth-order valence-electron chi connectivity index (χ4n) is 3.90. The number of rotatable bonds is 5. The zero-order chi connectivity index (χ0) is 17.3. The zero-order valence-electron chi connectivity index (χ0n) is 15.6. The van der Waals surface area contributed by atoms with Crippen molar-refractivity contribution in [3.63, 3.8) is 0 Å². The third-order valence-corrected chi connectivity index (χ3v) is 4.80. The highest BCUT2D eigenvalue weighted by Crippen LogP contribution is 2.27. The maximum atomic E-state index is 4.57. The third-order valence-electron chi connectivity index (χ3n) is 4.80. The Hall–Kier alpha value is -1.75. The van der Waals surface area contributed by atoms with E-state index in [1.165, 1.54) is 31.6 Å². The van der Waals surface area contributed by atoms with Gasteiger partial charge in [-0.25, -0.2) is 15.0 Å². The summed E-state index contributed by atoms with van der Waals surface area (Å²) >= 11 is 0. The van der Waals surface area contributed by atoms with Crippen LogP contribution in [0.1, 0.15) is 31.5 Å². The van der Waals surface area contributed by atoms with Crippen molar-refractivity contribution in [3.8, 4) is 0 Å². The van der Waals surface area contributed by atoms with Crippen LogP contribution in [-0.2, 0) is 0 Å². The lowest BCUT2D eigenvalue weighted by Gasteiger charge is -2.24. The average molecular weight is 327 g/mol. The van der Waals surface area contributed by atoms with Gasteiger partial charge in [0.2, 0.25) is 0 Å². The summed E-state index contributed by atoms with van der Waals surface area (Å²) in [5.41, 5.74) is 3.01. The molecule has 2 aromatic heterocycles. The molecule has 3 rings (SSSR count). The summed E-state index contributed by atoms with van der Waals surface area (Å²) in [5, 5.41) is 1.09. The van der Waals surface area contributed by atoms with Crippen molar-refractivity contribution in [2.45, 2.75) is 34.1 Å². The van der Waals surface area contributed by atoms with Gasteiger partial charge < -0.3 is 9.80 Å². The van der Waals surface area contributed by atoms with Crippen LogP contribution in [0, 0.1) is 25.7 Å². The Morgan fingerprint density at radius 1 is 1.29 bits per heavy atom. The van der Waals surface area contributed by atoms with Crippen molar-refractivity contribution in [1.82, 2.24) is 19.9 Å². The Kier molecular flexibility index (Phi) is 4.99. The van der Waals surface area contributed by atoms with Gasteiger partial charge in [0.05, 0.1) is 5.39 Å². The largest absolute Gasteiger partial charge is 0.359 e. The number of nitrogens with zero attached hydrogens (tertiary/aromatic N) is 5. The SMILES string of the molecule is Cc1cc(C)c2c(N(C)C[C@@H]3CCN(CC(C)C)C3)ncnc2n1. The van der Waals surface area contributed by atoms with Gasteiger partial charge in [-0.2, -0.15) is 0 Å². The normalized spacial score (nSPS) is 18.7. The van der Waals surface area contributed by atoms with Gasteiger partial charge in [0.15, 0.2) is 5.65 Å². The fraction of sp³-hybridized carbons (Fsp3) is 0.632. The number of hydrogen-bond acceptors (Lipinski definition) is 5. The Morgan fingerprint density at radius 2 is 2.08 bits per heavy atom. The van der Waals surface area contributed by atoms with E-state index < -0.39 is 0 Å².